The number of pyridine rings is 1. The van der Waals surface area contributed by atoms with Crippen molar-refractivity contribution >= 4 is 16.8 Å². The van der Waals surface area contributed by atoms with Gasteiger partial charge in [-0.2, -0.15) is 5.10 Å². The lowest BCUT2D eigenvalue weighted by Crippen LogP contribution is -2.35. The molecule has 0 saturated carbocycles. The quantitative estimate of drug-likeness (QED) is 0.750. The number of amides is 1. The minimum atomic E-state index is 0.0330. The molecular formula is C19H21N5O. The second-order valence-electron chi connectivity index (χ2n) is 6.55. The van der Waals surface area contributed by atoms with Gasteiger partial charge in [-0.25, -0.2) is 0 Å². The molecule has 1 aliphatic rings. The van der Waals surface area contributed by atoms with Crippen LogP contribution in [-0.4, -0.2) is 45.6 Å². The molecule has 6 heteroatoms. The molecule has 3 aromatic rings. The van der Waals surface area contributed by atoms with Crippen LogP contribution in [0.3, 0.4) is 0 Å². The predicted molar refractivity (Wildman–Crippen MR) is 96.0 cm³/mol. The molecule has 3 heterocycles. The first kappa shape index (κ1) is 15.8. The zero-order valence-corrected chi connectivity index (χ0v) is 14.0. The van der Waals surface area contributed by atoms with Gasteiger partial charge in [-0.3, -0.25) is 14.9 Å². The molecule has 0 radical (unpaired) electrons. The van der Waals surface area contributed by atoms with Gasteiger partial charge in [-0.15, -0.1) is 0 Å². The number of para-hydroxylation sites is 1. The number of fused-ring (bicyclic) bond motifs is 1. The molecule has 128 valence electrons. The number of H-pyrrole nitrogens is 1. The zero-order valence-electron chi connectivity index (χ0n) is 14.0. The van der Waals surface area contributed by atoms with E-state index in [1.807, 2.05) is 41.4 Å². The van der Waals surface area contributed by atoms with Crippen molar-refractivity contribution in [1.82, 2.24) is 25.4 Å². The third kappa shape index (κ3) is 3.39. The minimum Gasteiger partial charge on any atom is -0.334 e. The van der Waals surface area contributed by atoms with Crippen LogP contribution in [0.2, 0.25) is 0 Å². The molecule has 0 unspecified atom stereocenters. The lowest BCUT2D eigenvalue weighted by molar-refractivity contribution is 0.0720. The van der Waals surface area contributed by atoms with Crippen LogP contribution in [0.15, 0.2) is 48.9 Å². The van der Waals surface area contributed by atoms with E-state index in [1.165, 1.54) is 0 Å². The van der Waals surface area contributed by atoms with Crippen LogP contribution in [0.4, 0.5) is 0 Å². The molecule has 1 saturated heterocycles. The van der Waals surface area contributed by atoms with Crippen LogP contribution < -0.4 is 5.32 Å². The van der Waals surface area contributed by atoms with E-state index in [4.69, 9.17) is 0 Å². The van der Waals surface area contributed by atoms with E-state index in [0.29, 0.717) is 18.0 Å². The van der Waals surface area contributed by atoms with Crippen molar-refractivity contribution in [3.8, 4) is 0 Å². The molecule has 1 amide bonds. The molecule has 1 aromatic carbocycles. The normalized spacial score (nSPS) is 17.0. The molecule has 1 aliphatic heterocycles. The van der Waals surface area contributed by atoms with E-state index in [9.17, 15) is 4.79 Å². The highest BCUT2D eigenvalue weighted by atomic mass is 16.2. The first-order chi connectivity index (χ1) is 12.3. The Kier molecular flexibility index (Phi) is 4.43. The van der Waals surface area contributed by atoms with Gasteiger partial charge < -0.3 is 10.2 Å². The number of nitrogens with zero attached hydrogens (tertiary/aromatic N) is 3. The van der Waals surface area contributed by atoms with E-state index in [2.05, 4.69) is 20.5 Å². The molecule has 2 N–H and O–H groups in total. The Bertz CT molecular complexity index is 854. The zero-order chi connectivity index (χ0) is 17.1. The molecule has 0 bridgehead atoms. The summed E-state index contributed by atoms with van der Waals surface area (Å²) in [5, 5.41) is 11.4. The molecule has 1 atom stereocenters. The molecule has 25 heavy (non-hydrogen) atoms. The topological polar surface area (TPSA) is 73.9 Å². The fourth-order valence-electron chi connectivity index (χ4n) is 3.43. The summed E-state index contributed by atoms with van der Waals surface area (Å²) in [7, 11) is 0. The highest BCUT2D eigenvalue weighted by Crippen LogP contribution is 2.20. The van der Waals surface area contributed by atoms with Gasteiger partial charge in [-0.1, -0.05) is 18.2 Å². The third-order valence-electron chi connectivity index (χ3n) is 4.73. The number of hydrogen-bond acceptors (Lipinski definition) is 4. The van der Waals surface area contributed by atoms with Crippen LogP contribution in [0.5, 0.6) is 0 Å². The van der Waals surface area contributed by atoms with Crippen LogP contribution in [-0.2, 0) is 6.54 Å². The maximum atomic E-state index is 13.3. The maximum absolute atomic E-state index is 13.3. The molecule has 6 nitrogen and oxygen atoms in total. The Balaban J connectivity index is 1.63. The van der Waals surface area contributed by atoms with E-state index in [0.717, 1.165) is 42.5 Å². The number of nitrogens with one attached hydrogen (secondary N) is 2. The van der Waals surface area contributed by atoms with E-state index in [1.54, 1.807) is 12.4 Å². The molecule has 4 rings (SSSR count). The van der Waals surface area contributed by atoms with Crippen LogP contribution in [0, 0.1) is 5.92 Å². The Labute approximate surface area is 146 Å². The Morgan fingerprint density at radius 3 is 3.00 bits per heavy atom. The molecule has 1 fully saturated rings. The Morgan fingerprint density at radius 2 is 2.20 bits per heavy atom. The predicted octanol–water partition coefficient (Wildman–Crippen LogP) is 2.21. The largest absolute Gasteiger partial charge is 0.334 e. The first-order valence-electron chi connectivity index (χ1n) is 8.62. The number of aromatic nitrogens is 3. The second-order valence-corrected chi connectivity index (χ2v) is 6.55. The maximum Gasteiger partial charge on any atom is 0.256 e. The summed E-state index contributed by atoms with van der Waals surface area (Å²) in [6.45, 7) is 3.29. The van der Waals surface area contributed by atoms with E-state index >= 15 is 0 Å². The standard InChI is InChI=1S/C19H21N5O/c25-19(17-5-1-4-16-11-22-23-18(16)17)24(13-15-6-8-21-10-15)12-14-3-2-7-20-9-14/h1-5,7,9,11,15,21H,6,8,10,12-13H2,(H,22,23)/t15-/m1/s1. The van der Waals surface area contributed by atoms with Crippen LogP contribution in [0.25, 0.3) is 10.9 Å². The number of carbonyl (C=O) groups is 1. The van der Waals surface area contributed by atoms with E-state index in [-0.39, 0.29) is 5.91 Å². The Hall–Kier alpha value is -2.73. The average Bonchev–Trinajstić information content (AvgIpc) is 3.32. The average molecular weight is 335 g/mol. The molecule has 0 aliphatic carbocycles. The second kappa shape index (κ2) is 7.03. The SMILES string of the molecule is O=C(c1cccc2cn[nH]c12)N(Cc1cccnc1)C[C@@H]1CCNC1. The summed E-state index contributed by atoms with van der Waals surface area (Å²) < 4.78 is 0. The van der Waals surface area contributed by atoms with Crippen LogP contribution >= 0.6 is 0 Å². The smallest absolute Gasteiger partial charge is 0.256 e. The summed E-state index contributed by atoms with van der Waals surface area (Å²) >= 11 is 0. The van der Waals surface area contributed by atoms with Gasteiger partial charge in [0.1, 0.15) is 0 Å². The fraction of sp³-hybridized carbons (Fsp3) is 0.316. The van der Waals surface area contributed by atoms with Gasteiger partial charge in [0, 0.05) is 30.9 Å². The van der Waals surface area contributed by atoms with Gasteiger partial charge in [0.15, 0.2) is 0 Å². The molecule has 2 aromatic heterocycles. The first-order valence-corrected chi connectivity index (χ1v) is 8.62. The highest BCUT2D eigenvalue weighted by Gasteiger charge is 2.24. The number of carbonyl (C=O) groups excluding carboxylic acids is 1. The number of rotatable bonds is 5. The van der Waals surface area contributed by atoms with Crippen molar-refractivity contribution in [2.75, 3.05) is 19.6 Å². The van der Waals surface area contributed by atoms with Gasteiger partial charge in [0.05, 0.1) is 17.3 Å². The molecular weight excluding hydrogens is 314 g/mol. The van der Waals surface area contributed by atoms with Crippen molar-refractivity contribution in [3.63, 3.8) is 0 Å². The third-order valence-corrected chi connectivity index (χ3v) is 4.73. The lowest BCUT2D eigenvalue weighted by Gasteiger charge is -2.26. The van der Waals surface area contributed by atoms with E-state index < -0.39 is 0 Å². The number of aromatic amines is 1. The van der Waals surface area contributed by atoms with Crippen molar-refractivity contribution in [3.05, 3.63) is 60.0 Å². The van der Waals surface area contributed by atoms with Crippen molar-refractivity contribution in [1.29, 1.82) is 0 Å². The minimum absolute atomic E-state index is 0.0330. The number of hydrogen-bond donors (Lipinski definition) is 2. The summed E-state index contributed by atoms with van der Waals surface area (Å²) in [5.74, 6) is 0.521. The van der Waals surface area contributed by atoms with Crippen molar-refractivity contribution in [2.45, 2.75) is 13.0 Å². The molecule has 0 spiro atoms. The van der Waals surface area contributed by atoms with Gasteiger partial charge >= 0.3 is 0 Å². The number of benzene rings is 1. The summed E-state index contributed by atoms with van der Waals surface area (Å²) in [4.78, 5) is 19.4. The van der Waals surface area contributed by atoms with Crippen LogP contribution in [0.1, 0.15) is 22.3 Å². The fourth-order valence-corrected chi connectivity index (χ4v) is 3.43. The van der Waals surface area contributed by atoms with Gasteiger partial charge in [0.2, 0.25) is 0 Å². The van der Waals surface area contributed by atoms with Gasteiger partial charge in [-0.05, 0) is 43.1 Å². The van der Waals surface area contributed by atoms with Gasteiger partial charge in [0.25, 0.3) is 5.91 Å². The summed E-state index contributed by atoms with van der Waals surface area (Å²) in [6.07, 6.45) is 6.43. The highest BCUT2D eigenvalue weighted by molar-refractivity contribution is 6.05. The van der Waals surface area contributed by atoms with Crippen molar-refractivity contribution < 1.29 is 4.79 Å². The summed E-state index contributed by atoms with van der Waals surface area (Å²) in [5.41, 5.74) is 2.51. The lowest BCUT2D eigenvalue weighted by atomic mass is 10.1. The summed E-state index contributed by atoms with van der Waals surface area (Å²) in [6, 6.07) is 9.65. The van der Waals surface area contributed by atoms with Crippen molar-refractivity contribution in [2.24, 2.45) is 5.92 Å². The monoisotopic (exact) mass is 335 g/mol. The Morgan fingerprint density at radius 1 is 1.24 bits per heavy atom.